The molecule has 5 heteroatoms. The van der Waals surface area contributed by atoms with Crippen LogP contribution in [0.25, 0.3) is 0 Å². The molecule has 0 fully saturated rings. The number of halogens is 4. The first-order valence-corrected chi connectivity index (χ1v) is 4.24. The molecule has 0 heterocycles. The third-order valence-electron chi connectivity index (χ3n) is 1.30. The van der Waals surface area contributed by atoms with Gasteiger partial charge in [0.2, 0.25) is 0 Å². The van der Waals surface area contributed by atoms with Crippen LogP contribution in [0.5, 0.6) is 0 Å². The van der Waals surface area contributed by atoms with Crippen molar-refractivity contribution in [2.24, 2.45) is 0 Å². The van der Waals surface area contributed by atoms with Crippen LogP contribution in [0.3, 0.4) is 0 Å². The first-order valence-electron chi connectivity index (χ1n) is 3.80. The van der Waals surface area contributed by atoms with Crippen molar-refractivity contribution in [2.75, 3.05) is 6.61 Å². The highest BCUT2D eigenvalue weighted by Crippen LogP contribution is 2.25. The maximum absolute atomic E-state index is 12.2. The first-order chi connectivity index (χ1) is 5.50. The Kier molecular flexibility index (Phi) is 5.66. The molecule has 0 aromatic carbocycles. The summed E-state index contributed by atoms with van der Waals surface area (Å²) in [6.07, 6.45) is -1.67. The second-order valence-electron chi connectivity index (χ2n) is 2.42. The molecule has 0 N–H and O–H groups in total. The van der Waals surface area contributed by atoms with Crippen LogP contribution in [0.1, 0.15) is 26.2 Å². The van der Waals surface area contributed by atoms with E-state index in [1.54, 1.807) is 0 Å². The van der Waals surface area contributed by atoms with Gasteiger partial charge in [0.05, 0.1) is 6.61 Å². The third kappa shape index (κ3) is 4.83. The number of alkyl halides is 4. The van der Waals surface area contributed by atoms with Gasteiger partial charge in [-0.2, -0.15) is 8.78 Å². The van der Waals surface area contributed by atoms with Gasteiger partial charge in [0, 0.05) is 0 Å². The molecule has 0 aliphatic rings. The Morgan fingerprint density at radius 1 is 1.42 bits per heavy atom. The normalized spacial score (nSPS) is 14.8. The second kappa shape index (κ2) is 5.65. The monoisotopic (exact) mass is 204 g/mol. The zero-order chi connectivity index (χ0) is 9.61. The van der Waals surface area contributed by atoms with Crippen LogP contribution in [0.15, 0.2) is 0 Å². The second-order valence-corrected chi connectivity index (χ2v) is 2.80. The maximum atomic E-state index is 12.2. The van der Waals surface area contributed by atoms with E-state index in [1.165, 1.54) is 0 Å². The summed E-state index contributed by atoms with van der Waals surface area (Å²) in [6.45, 7) is 1.77. The number of hydrogen-bond acceptors (Lipinski definition) is 1. The molecule has 0 saturated heterocycles. The van der Waals surface area contributed by atoms with Gasteiger partial charge in [-0.1, -0.05) is 31.4 Å². The summed E-state index contributed by atoms with van der Waals surface area (Å²) in [5, 5.41) is 0. The molecule has 0 aliphatic heterocycles. The fourth-order valence-electron chi connectivity index (χ4n) is 0.623. The van der Waals surface area contributed by atoms with Crippen molar-refractivity contribution in [1.29, 1.82) is 0 Å². The zero-order valence-corrected chi connectivity index (χ0v) is 7.58. The molecule has 1 unspecified atom stereocenters. The summed E-state index contributed by atoms with van der Waals surface area (Å²) < 4.78 is 40.3. The third-order valence-corrected chi connectivity index (χ3v) is 1.55. The Bertz CT molecular complexity index is 119. The fraction of sp³-hybridized carbons (Fsp3) is 1.00. The highest BCUT2D eigenvalue weighted by molar-refractivity contribution is 6.20. The fourth-order valence-corrected chi connectivity index (χ4v) is 0.686. The highest BCUT2D eigenvalue weighted by Gasteiger charge is 2.40. The molecule has 0 aromatic rings. The lowest BCUT2D eigenvalue weighted by molar-refractivity contribution is -0.256. The largest absolute Gasteiger partial charge is 0.400 e. The molecule has 12 heavy (non-hydrogen) atoms. The summed E-state index contributed by atoms with van der Waals surface area (Å²) in [7, 11) is 0. The van der Waals surface area contributed by atoms with Gasteiger partial charge in [-0.15, -0.1) is 0 Å². The summed E-state index contributed by atoms with van der Waals surface area (Å²) in [5.41, 5.74) is -2.76. The lowest BCUT2D eigenvalue weighted by atomic mass is 10.3. The van der Waals surface area contributed by atoms with Crippen LogP contribution in [-0.2, 0) is 4.74 Å². The zero-order valence-electron chi connectivity index (χ0n) is 6.83. The van der Waals surface area contributed by atoms with Crippen molar-refractivity contribution in [2.45, 2.75) is 37.9 Å². The van der Waals surface area contributed by atoms with E-state index in [-0.39, 0.29) is 6.61 Å². The SMILES string of the molecule is CCCCCOC(F)(F)C(F)Cl. The number of ether oxygens (including phenoxy) is 1. The Balaban J connectivity index is 3.47. The Morgan fingerprint density at radius 3 is 2.42 bits per heavy atom. The number of rotatable bonds is 6. The van der Waals surface area contributed by atoms with Gasteiger partial charge in [0.1, 0.15) is 0 Å². The number of unbranched alkanes of at least 4 members (excludes halogenated alkanes) is 2. The molecule has 0 bridgehead atoms. The molecule has 0 rings (SSSR count). The lowest BCUT2D eigenvalue weighted by Crippen LogP contribution is -2.29. The van der Waals surface area contributed by atoms with Crippen LogP contribution < -0.4 is 0 Å². The van der Waals surface area contributed by atoms with Crippen LogP contribution in [0, 0.1) is 0 Å². The topological polar surface area (TPSA) is 9.23 Å². The van der Waals surface area contributed by atoms with Crippen LogP contribution in [0.2, 0.25) is 0 Å². The van der Waals surface area contributed by atoms with Gasteiger partial charge in [0.15, 0.2) is 0 Å². The van der Waals surface area contributed by atoms with Crippen molar-refractivity contribution < 1.29 is 17.9 Å². The van der Waals surface area contributed by atoms with Gasteiger partial charge >= 0.3 is 6.11 Å². The molecule has 0 spiro atoms. The van der Waals surface area contributed by atoms with E-state index in [4.69, 9.17) is 0 Å². The Labute approximate surface area is 74.8 Å². The quantitative estimate of drug-likeness (QED) is 0.476. The minimum Gasteiger partial charge on any atom is -0.317 e. The molecule has 0 saturated carbocycles. The van der Waals surface area contributed by atoms with Crippen molar-refractivity contribution >= 4 is 11.6 Å². The summed E-state index contributed by atoms with van der Waals surface area (Å²) in [4.78, 5) is 0. The molecule has 1 nitrogen and oxygen atoms in total. The number of hydrogen-bond donors (Lipinski definition) is 0. The van der Waals surface area contributed by atoms with Gasteiger partial charge in [-0.3, -0.25) is 0 Å². The van der Waals surface area contributed by atoms with Gasteiger partial charge in [-0.25, -0.2) is 4.39 Å². The summed E-state index contributed by atoms with van der Waals surface area (Å²) >= 11 is 4.54. The van der Waals surface area contributed by atoms with E-state index in [0.717, 1.165) is 12.8 Å². The maximum Gasteiger partial charge on any atom is 0.400 e. The van der Waals surface area contributed by atoms with E-state index >= 15 is 0 Å². The van der Waals surface area contributed by atoms with Crippen LogP contribution >= 0.6 is 11.6 Å². The Hall–Kier alpha value is 0.0400. The van der Waals surface area contributed by atoms with Crippen molar-refractivity contribution in [3.63, 3.8) is 0 Å². The summed E-state index contributed by atoms with van der Waals surface area (Å²) in [6, 6.07) is 0. The summed E-state index contributed by atoms with van der Waals surface area (Å²) in [5.74, 6) is 0. The van der Waals surface area contributed by atoms with Gasteiger partial charge in [-0.05, 0) is 6.42 Å². The molecule has 74 valence electrons. The van der Waals surface area contributed by atoms with E-state index in [2.05, 4.69) is 16.3 Å². The van der Waals surface area contributed by atoms with E-state index in [1.807, 2.05) is 6.92 Å². The molecule has 0 aromatic heterocycles. The molecular formula is C7H12ClF3O. The van der Waals surface area contributed by atoms with E-state index < -0.39 is 11.7 Å². The standard InChI is InChI=1S/C7H12ClF3O/c1-2-3-4-5-12-7(10,11)6(8)9/h6H,2-5H2,1H3. The Morgan fingerprint density at radius 2 is 2.00 bits per heavy atom. The van der Waals surface area contributed by atoms with E-state index in [9.17, 15) is 13.2 Å². The van der Waals surface area contributed by atoms with Crippen LogP contribution in [-0.4, -0.2) is 18.3 Å². The predicted molar refractivity (Wildman–Crippen MR) is 41.2 cm³/mol. The molecular weight excluding hydrogens is 193 g/mol. The average Bonchev–Trinajstić information content (AvgIpc) is 1.98. The minimum absolute atomic E-state index is 0.159. The first kappa shape index (κ1) is 12.0. The van der Waals surface area contributed by atoms with E-state index in [0.29, 0.717) is 6.42 Å². The molecule has 1 atom stereocenters. The lowest BCUT2D eigenvalue weighted by Gasteiger charge is -2.15. The average molecular weight is 205 g/mol. The van der Waals surface area contributed by atoms with Gasteiger partial charge in [0.25, 0.3) is 5.63 Å². The smallest absolute Gasteiger partial charge is 0.317 e. The van der Waals surface area contributed by atoms with Crippen molar-refractivity contribution in [3.8, 4) is 0 Å². The van der Waals surface area contributed by atoms with Crippen molar-refractivity contribution in [1.82, 2.24) is 0 Å². The molecule has 0 aliphatic carbocycles. The minimum atomic E-state index is -3.85. The molecule has 0 radical (unpaired) electrons. The van der Waals surface area contributed by atoms with Gasteiger partial charge < -0.3 is 4.74 Å². The molecule has 0 amide bonds. The van der Waals surface area contributed by atoms with Crippen LogP contribution in [0.4, 0.5) is 13.2 Å². The predicted octanol–water partition coefficient (Wildman–Crippen LogP) is 3.32. The highest BCUT2D eigenvalue weighted by atomic mass is 35.5. The van der Waals surface area contributed by atoms with Crippen molar-refractivity contribution in [3.05, 3.63) is 0 Å².